The molecule has 0 bridgehead atoms. The highest BCUT2D eigenvalue weighted by molar-refractivity contribution is 5.10. The summed E-state index contributed by atoms with van der Waals surface area (Å²) in [6.45, 7) is 1.01. The zero-order valence-electron chi connectivity index (χ0n) is 10.2. The predicted molar refractivity (Wildman–Crippen MR) is 62.2 cm³/mol. The van der Waals surface area contributed by atoms with Gasteiger partial charge in [0, 0.05) is 18.2 Å². The van der Waals surface area contributed by atoms with Gasteiger partial charge < -0.3 is 14.9 Å². The normalized spacial score (nSPS) is 30.2. The molecule has 102 valence electrons. The summed E-state index contributed by atoms with van der Waals surface area (Å²) < 4.78 is 6.23. The summed E-state index contributed by atoms with van der Waals surface area (Å²) >= 11 is 0. The van der Waals surface area contributed by atoms with Crippen molar-refractivity contribution in [3.63, 3.8) is 0 Å². The van der Waals surface area contributed by atoms with E-state index in [-0.39, 0.29) is 12.0 Å². The van der Waals surface area contributed by atoms with E-state index in [1.165, 1.54) is 13.1 Å². The Labute approximate surface area is 107 Å². The SMILES string of the molecule is Cc1cn([C@@]2(C#N)CC(O)[C@@H](CO)O2)c(=O)[nH]c1=O. The number of aryl methyl sites for hydroxylation is 1. The highest BCUT2D eigenvalue weighted by Gasteiger charge is 2.48. The van der Waals surface area contributed by atoms with Gasteiger partial charge in [0.15, 0.2) is 0 Å². The van der Waals surface area contributed by atoms with Crippen molar-refractivity contribution in [2.75, 3.05) is 6.61 Å². The summed E-state index contributed by atoms with van der Waals surface area (Å²) in [6.07, 6.45) is -0.973. The summed E-state index contributed by atoms with van der Waals surface area (Å²) in [5.74, 6) is 0. The van der Waals surface area contributed by atoms with Crippen LogP contribution in [0.15, 0.2) is 15.8 Å². The second kappa shape index (κ2) is 4.62. The molecule has 2 rings (SSSR count). The number of hydrogen-bond donors (Lipinski definition) is 3. The van der Waals surface area contributed by atoms with E-state index >= 15 is 0 Å². The Kier molecular flexibility index (Phi) is 3.28. The van der Waals surface area contributed by atoms with Crippen LogP contribution in [0.25, 0.3) is 0 Å². The van der Waals surface area contributed by atoms with Crippen LogP contribution in [0.4, 0.5) is 0 Å². The fourth-order valence-electron chi connectivity index (χ4n) is 2.07. The first-order valence-electron chi connectivity index (χ1n) is 5.64. The lowest BCUT2D eigenvalue weighted by Gasteiger charge is -2.23. The van der Waals surface area contributed by atoms with Crippen molar-refractivity contribution in [1.82, 2.24) is 9.55 Å². The smallest absolute Gasteiger partial charge is 0.331 e. The molecule has 1 aliphatic rings. The van der Waals surface area contributed by atoms with Crippen molar-refractivity contribution >= 4 is 0 Å². The molecule has 8 nitrogen and oxygen atoms in total. The number of nitriles is 1. The quantitative estimate of drug-likeness (QED) is 0.577. The molecule has 8 heteroatoms. The van der Waals surface area contributed by atoms with E-state index in [0.717, 1.165) is 4.57 Å². The lowest BCUT2D eigenvalue weighted by molar-refractivity contribution is -0.0848. The number of H-pyrrole nitrogens is 1. The van der Waals surface area contributed by atoms with Gasteiger partial charge in [-0.2, -0.15) is 5.26 Å². The third-order valence-electron chi connectivity index (χ3n) is 3.13. The molecule has 0 aromatic carbocycles. The number of aromatic nitrogens is 2. The van der Waals surface area contributed by atoms with E-state index in [2.05, 4.69) is 4.98 Å². The average molecular weight is 267 g/mol. The van der Waals surface area contributed by atoms with Crippen LogP contribution >= 0.6 is 0 Å². The molecule has 3 atom stereocenters. The minimum absolute atomic E-state index is 0.167. The van der Waals surface area contributed by atoms with Crippen LogP contribution in [-0.2, 0) is 10.5 Å². The Hall–Kier alpha value is -1.95. The summed E-state index contributed by atoms with van der Waals surface area (Å²) in [5, 5.41) is 28.0. The summed E-state index contributed by atoms with van der Waals surface area (Å²) in [6, 6.07) is 1.82. The minimum Gasteiger partial charge on any atom is -0.394 e. The number of ether oxygens (including phenoxy) is 1. The maximum Gasteiger partial charge on any atom is 0.331 e. The van der Waals surface area contributed by atoms with Gasteiger partial charge in [-0.05, 0) is 6.92 Å². The Morgan fingerprint density at radius 1 is 1.68 bits per heavy atom. The zero-order chi connectivity index (χ0) is 14.2. The van der Waals surface area contributed by atoms with Crippen LogP contribution in [0.1, 0.15) is 12.0 Å². The molecular weight excluding hydrogens is 254 g/mol. The lowest BCUT2D eigenvalue weighted by atomic mass is 10.1. The van der Waals surface area contributed by atoms with Crippen molar-refractivity contribution in [3.8, 4) is 6.07 Å². The van der Waals surface area contributed by atoms with Gasteiger partial charge in [0.2, 0.25) is 5.72 Å². The van der Waals surface area contributed by atoms with Crippen LogP contribution in [0.3, 0.4) is 0 Å². The predicted octanol–water partition coefficient (Wildman–Crippen LogP) is -1.84. The van der Waals surface area contributed by atoms with Crippen molar-refractivity contribution in [3.05, 3.63) is 32.6 Å². The molecule has 1 saturated heterocycles. The largest absolute Gasteiger partial charge is 0.394 e. The van der Waals surface area contributed by atoms with Crippen LogP contribution in [0.2, 0.25) is 0 Å². The topological polar surface area (TPSA) is 128 Å². The molecule has 0 amide bonds. The number of nitrogens with one attached hydrogen (secondary N) is 1. The lowest BCUT2D eigenvalue weighted by Crippen LogP contribution is -2.44. The average Bonchev–Trinajstić information content (AvgIpc) is 2.71. The second-order valence-corrected chi connectivity index (χ2v) is 4.45. The first-order valence-corrected chi connectivity index (χ1v) is 5.64. The van der Waals surface area contributed by atoms with Crippen molar-refractivity contribution < 1.29 is 14.9 Å². The van der Waals surface area contributed by atoms with Crippen molar-refractivity contribution in [1.29, 1.82) is 5.26 Å². The van der Waals surface area contributed by atoms with E-state index in [0.29, 0.717) is 0 Å². The first-order chi connectivity index (χ1) is 8.93. The van der Waals surface area contributed by atoms with Gasteiger partial charge in [-0.15, -0.1) is 0 Å². The van der Waals surface area contributed by atoms with Gasteiger partial charge in [0.1, 0.15) is 12.2 Å². The monoisotopic (exact) mass is 267 g/mol. The summed E-state index contributed by atoms with van der Waals surface area (Å²) in [5.41, 5.74) is -2.84. The number of aliphatic hydroxyl groups is 2. The van der Waals surface area contributed by atoms with Crippen molar-refractivity contribution in [2.24, 2.45) is 0 Å². The third kappa shape index (κ3) is 2.08. The Morgan fingerprint density at radius 2 is 2.37 bits per heavy atom. The number of aliphatic hydroxyl groups excluding tert-OH is 2. The molecule has 0 aliphatic carbocycles. The van der Waals surface area contributed by atoms with E-state index in [1.807, 2.05) is 6.07 Å². The van der Waals surface area contributed by atoms with E-state index in [1.54, 1.807) is 0 Å². The molecule has 19 heavy (non-hydrogen) atoms. The van der Waals surface area contributed by atoms with Gasteiger partial charge in [-0.3, -0.25) is 14.3 Å². The molecule has 1 aliphatic heterocycles. The van der Waals surface area contributed by atoms with Crippen LogP contribution in [-0.4, -0.2) is 38.6 Å². The molecule has 2 heterocycles. The molecule has 0 radical (unpaired) electrons. The third-order valence-corrected chi connectivity index (χ3v) is 3.13. The van der Waals surface area contributed by atoms with Crippen LogP contribution in [0.5, 0.6) is 0 Å². The highest BCUT2D eigenvalue weighted by atomic mass is 16.6. The highest BCUT2D eigenvalue weighted by Crippen LogP contribution is 2.33. The molecule has 0 spiro atoms. The molecule has 1 aromatic rings. The zero-order valence-corrected chi connectivity index (χ0v) is 10.2. The maximum atomic E-state index is 11.8. The first kappa shape index (κ1) is 13.5. The number of aromatic amines is 1. The van der Waals surface area contributed by atoms with Crippen molar-refractivity contribution in [2.45, 2.75) is 31.3 Å². The Bertz CT molecular complexity index is 643. The fraction of sp³-hybridized carbons (Fsp3) is 0.545. The summed E-state index contributed by atoms with van der Waals surface area (Å²) in [4.78, 5) is 25.1. The molecule has 1 fully saturated rings. The van der Waals surface area contributed by atoms with E-state index < -0.39 is 35.8 Å². The van der Waals surface area contributed by atoms with E-state index in [4.69, 9.17) is 9.84 Å². The van der Waals surface area contributed by atoms with Gasteiger partial charge >= 0.3 is 5.69 Å². The second-order valence-electron chi connectivity index (χ2n) is 4.45. The Balaban J connectivity index is 2.56. The van der Waals surface area contributed by atoms with Gasteiger partial charge in [0.05, 0.1) is 12.7 Å². The Morgan fingerprint density at radius 3 is 2.89 bits per heavy atom. The summed E-state index contributed by atoms with van der Waals surface area (Å²) in [7, 11) is 0. The molecule has 1 aromatic heterocycles. The molecule has 0 saturated carbocycles. The molecule has 1 unspecified atom stereocenters. The number of rotatable bonds is 2. The number of hydrogen-bond acceptors (Lipinski definition) is 6. The molecule has 3 N–H and O–H groups in total. The van der Waals surface area contributed by atoms with Crippen LogP contribution < -0.4 is 11.2 Å². The minimum atomic E-state index is -1.72. The van der Waals surface area contributed by atoms with Gasteiger partial charge in [-0.25, -0.2) is 4.79 Å². The van der Waals surface area contributed by atoms with E-state index in [9.17, 15) is 20.0 Å². The maximum absolute atomic E-state index is 11.8. The molecular formula is C11H13N3O5. The standard InChI is InChI=1S/C11H13N3O5/c1-6-3-14(10(18)13-9(6)17)11(5-12)2-7(16)8(4-15)19-11/h3,7-8,15-16H,2,4H2,1H3,(H,13,17,18)/t7?,8-,11+/m1/s1. The van der Waals surface area contributed by atoms with Gasteiger partial charge in [-0.1, -0.05) is 0 Å². The fourth-order valence-corrected chi connectivity index (χ4v) is 2.07. The number of nitrogens with zero attached hydrogens (tertiary/aromatic N) is 2. The van der Waals surface area contributed by atoms with Crippen LogP contribution in [0, 0.1) is 18.3 Å². The van der Waals surface area contributed by atoms with Gasteiger partial charge in [0.25, 0.3) is 5.56 Å².